The maximum atomic E-state index is 13.6. The fraction of sp³-hybridized carbons (Fsp3) is 0.643. The van der Waals surface area contributed by atoms with Crippen molar-refractivity contribution in [3.63, 3.8) is 0 Å². The molecule has 1 amide bonds. The predicted octanol–water partition coefficient (Wildman–Crippen LogP) is 7.69. The summed E-state index contributed by atoms with van der Waals surface area (Å²) in [5, 5.41) is 2.93. The van der Waals surface area contributed by atoms with Gasteiger partial charge in [0.15, 0.2) is 11.4 Å². The van der Waals surface area contributed by atoms with E-state index in [2.05, 4.69) is 66.8 Å². The Bertz CT molecular complexity index is 1670. The van der Waals surface area contributed by atoms with Crippen molar-refractivity contribution in [2.45, 2.75) is 110 Å². The number of likely N-dealkylation sites (tertiary alicyclic amines) is 2. The van der Waals surface area contributed by atoms with Crippen molar-refractivity contribution in [1.82, 2.24) is 19.8 Å². The first-order chi connectivity index (χ1) is 25.5. The van der Waals surface area contributed by atoms with Gasteiger partial charge in [0, 0.05) is 19.5 Å². The van der Waals surface area contributed by atoms with Gasteiger partial charge in [-0.25, -0.2) is 0 Å². The third-order valence-electron chi connectivity index (χ3n) is 11.2. The third-order valence-corrected chi connectivity index (χ3v) is 11.2. The van der Waals surface area contributed by atoms with Crippen molar-refractivity contribution >= 4 is 17.5 Å². The Morgan fingerprint density at radius 2 is 1.38 bits per heavy atom. The first-order valence-electron chi connectivity index (χ1n) is 19.9. The molecule has 1 N–H and O–H groups in total. The highest BCUT2D eigenvalue weighted by Crippen LogP contribution is 2.47. The number of anilines is 2. The quantitative estimate of drug-likeness (QED) is 0.148. The summed E-state index contributed by atoms with van der Waals surface area (Å²) >= 11 is 0. The number of nitrogens with zero attached hydrogens (tertiary/aromatic N) is 5. The second-order valence-corrected chi connectivity index (χ2v) is 16.1. The molecule has 3 aromatic rings. The number of carbonyl (C=O) groups excluding carboxylic acids is 1. The van der Waals surface area contributed by atoms with Crippen LogP contribution in [-0.2, 0) is 22.4 Å². The molecule has 5 heterocycles. The van der Waals surface area contributed by atoms with Gasteiger partial charge < -0.3 is 38.6 Å². The zero-order valence-electron chi connectivity index (χ0n) is 33.3. The van der Waals surface area contributed by atoms with E-state index in [-0.39, 0.29) is 34.4 Å². The summed E-state index contributed by atoms with van der Waals surface area (Å²) in [5.74, 6) is 1.51. The highest BCUT2D eigenvalue weighted by Gasteiger charge is 2.43. The zero-order valence-corrected chi connectivity index (χ0v) is 33.3. The van der Waals surface area contributed by atoms with Gasteiger partial charge in [0.1, 0.15) is 5.76 Å². The molecule has 2 fully saturated rings. The minimum atomic E-state index is -0.428. The lowest BCUT2D eigenvalue weighted by Crippen LogP contribution is -2.35. The first kappa shape index (κ1) is 39.0. The number of methoxy groups -OCH3 is 2. The number of unbranched alkanes of at least 4 members (excludes halogenated alkanes) is 1. The van der Waals surface area contributed by atoms with Crippen LogP contribution in [0, 0.1) is 6.92 Å². The molecule has 11 nitrogen and oxygen atoms in total. The van der Waals surface area contributed by atoms with Gasteiger partial charge in [-0.15, -0.1) is 0 Å². The van der Waals surface area contributed by atoms with Crippen LogP contribution in [0.1, 0.15) is 124 Å². The number of aryl methyl sites for hydroxylation is 1. The number of aromatic nitrogens is 2. The van der Waals surface area contributed by atoms with Crippen molar-refractivity contribution in [3.05, 3.63) is 58.0 Å². The largest absolute Gasteiger partial charge is 0.479 e. The zero-order chi connectivity index (χ0) is 37.6. The molecule has 0 saturated carbocycles. The van der Waals surface area contributed by atoms with E-state index < -0.39 is 5.91 Å². The first-order valence-corrected chi connectivity index (χ1v) is 19.9. The molecule has 0 bridgehead atoms. The van der Waals surface area contributed by atoms with Gasteiger partial charge in [0.05, 0.1) is 25.4 Å². The molecule has 2 aromatic heterocycles. The Labute approximate surface area is 316 Å². The number of hydrogen-bond acceptors (Lipinski definition) is 10. The van der Waals surface area contributed by atoms with E-state index in [1.807, 2.05) is 6.07 Å². The molecule has 290 valence electrons. The smallest absolute Gasteiger partial charge is 0.291 e. The van der Waals surface area contributed by atoms with Gasteiger partial charge in [-0.2, -0.15) is 9.97 Å². The predicted molar refractivity (Wildman–Crippen MR) is 210 cm³/mol. The standard InChI is InChI=1S/C42H62N6O5/c1-30-27-33-34(42(4,5)53-41(33,2)3)29-31(30)28-32-17-18-35(52-32)37(49)43-36-38(50-6)44-40(45-39(36)51-7)48(26-16-24-47-21-12-9-13-22-47)25-15-14-23-46-19-10-8-11-20-46/h17-18,27,29H,8-16,19-26,28H2,1-7H3,(H,43,49). The number of amides is 1. The summed E-state index contributed by atoms with van der Waals surface area (Å²) < 4.78 is 24.0. The van der Waals surface area contributed by atoms with Crippen LogP contribution < -0.4 is 19.7 Å². The lowest BCUT2D eigenvalue weighted by atomic mass is 9.86. The van der Waals surface area contributed by atoms with Crippen LogP contribution in [0.25, 0.3) is 0 Å². The Morgan fingerprint density at radius 3 is 1.98 bits per heavy atom. The van der Waals surface area contributed by atoms with Gasteiger partial charge in [-0.05, 0) is 153 Å². The van der Waals surface area contributed by atoms with Crippen LogP contribution in [0.5, 0.6) is 11.8 Å². The number of hydrogen-bond donors (Lipinski definition) is 1. The molecule has 11 heteroatoms. The van der Waals surface area contributed by atoms with E-state index in [0.717, 1.165) is 56.6 Å². The van der Waals surface area contributed by atoms with Gasteiger partial charge in [-0.1, -0.05) is 25.0 Å². The van der Waals surface area contributed by atoms with Crippen LogP contribution in [0.3, 0.4) is 0 Å². The summed E-state index contributed by atoms with van der Waals surface area (Å²) in [5.41, 5.74) is 4.25. The lowest BCUT2D eigenvalue weighted by molar-refractivity contribution is -0.105. The second-order valence-electron chi connectivity index (χ2n) is 16.1. The number of benzene rings is 1. The average molecular weight is 731 g/mol. The Morgan fingerprint density at radius 1 is 0.811 bits per heavy atom. The SMILES string of the molecule is COc1nc(N(CCCCN2CCCCC2)CCCN2CCCCC2)nc(OC)c1NC(=O)c1ccc(Cc2cc3c(cc2C)C(C)(C)OC3(C)C)o1. The van der Waals surface area contributed by atoms with Crippen LogP contribution in [0.15, 0.2) is 28.7 Å². The van der Waals surface area contributed by atoms with E-state index in [1.54, 1.807) is 20.3 Å². The van der Waals surface area contributed by atoms with E-state index in [4.69, 9.17) is 28.6 Å². The highest BCUT2D eigenvalue weighted by molar-refractivity contribution is 6.03. The van der Waals surface area contributed by atoms with Crippen molar-refractivity contribution in [2.24, 2.45) is 0 Å². The van der Waals surface area contributed by atoms with E-state index in [9.17, 15) is 4.79 Å². The van der Waals surface area contributed by atoms with Crippen molar-refractivity contribution in [2.75, 3.05) is 76.8 Å². The number of piperidine rings is 2. The molecule has 1 aromatic carbocycles. The molecule has 0 aliphatic carbocycles. The van der Waals surface area contributed by atoms with Crippen LogP contribution in [0.4, 0.5) is 11.6 Å². The van der Waals surface area contributed by atoms with Crippen molar-refractivity contribution < 1.29 is 23.4 Å². The van der Waals surface area contributed by atoms with Crippen LogP contribution >= 0.6 is 0 Å². The molecule has 3 aliphatic heterocycles. The summed E-state index contributed by atoms with van der Waals surface area (Å²) in [4.78, 5) is 30.7. The number of nitrogens with one attached hydrogen (secondary N) is 1. The molecule has 2 saturated heterocycles. The number of ether oxygens (including phenoxy) is 3. The molecule has 0 atom stereocenters. The van der Waals surface area contributed by atoms with E-state index in [1.165, 1.54) is 75.8 Å². The van der Waals surface area contributed by atoms with Crippen molar-refractivity contribution in [3.8, 4) is 11.8 Å². The second kappa shape index (κ2) is 17.2. The lowest BCUT2D eigenvalue weighted by Gasteiger charge is -2.29. The minimum absolute atomic E-state index is 0.185. The monoisotopic (exact) mass is 730 g/mol. The number of rotatable bonds is 16. The molecule has 53 heavy (non-hydrogen) atoms. The Balaban J connectivity index is 1.15. The van der Waals surface area contributed by atoms with Crippen molar-refractivity contribution in [1.29, 1.82) is 0 Å². The van der Waals surface area contributed by atoms with E-state index in [0.29, 0.717) is 18.1 Å². The third kappa shape index (κ3) is 9.53. The van der Waals surface area contributed by atoms with E-state index >= 15 is 0 Å². The van der Waals surface area contributed by atoms with Gasteiger partial charge in [0.2, 0.25) is 17.7 Å². The number of fused-ring (bicyclic) bond motifs is 1. The fourth-order valence-corrected chi connectivity index (χ4v) is 8.40. The fourth-order valence-electron chi connectivity index (χ4n) is 8.40. The van der Waals surface area contributed by atoms with Gasteiger partial charge in [0.25, 0.3) is 5.91 Å². The molecule has 0 spiro atoms. The summed E-state index contributed by atoms with van der Waals surface area (Å²) in [6.07, 6.45) is 11.6. The normalized spacial score (nSPS) is 18.5. The van der Waals surface area contributed by atoms with Gasteiger partial charge >= 0.3 is 0 Å². The molecular formula is C42H62N6O5. The minimum Gasteiger partial charge on any atom is -0.479 e. The highest BCUT2D eigenvalue weighted by atomic mass is 16.5. The number of carbonyl (C=O) groups is 1. The molecule has 0 radical (unpaired) electrons. The van der Waals surface area contributed by atoms with Crippen LogP contribution in [-0.4, -0.2) is 92.3 Å². The Hall–Kier alpha value is -3.67. The molecule has 3 aliphatic rings. The average Bonchev–Trinajstić information content (AvgIpc) is 3.68. The topological polar surface area (TPSA) is 105 Å². The van der Waals surface area contributed by atoms with Gasteiger partial charge in [-0.3, -0.25) is 4.79 Å². The molecule has 0 unspecified atom stereocenters. The maximum Gasteiger partial charge on any atom is 0.291 e. The Kier molecular flexibility index (Phi) is 12.7. The molecular weight excluding hydrogens is 668 g/mol. The number of furan rings is 1. The molecule has 6 rings (SSSR count). The summed E-state index contributed by atoms with van der Waals surface area (Å²) in [6, 6.07) is 8.01. The summed E-state index contributed by atoms with van der Waals surface area (Å²) in [6.45, 7) is 19.2. The maximum absolute atomic E-state index is 13.6. The summed E-state index contributed by atoms with van der Waals surface area (Å²) in [7, 11) is 3.11. The van der Waals surface area contributed by atoms with Crippen LogP contribution in [0.2, 0.25) is 0 Å².